The molecule has 0 radical (unpaired) electrons. The van der Waals surface area contributed by atoms with E-state index in [0.717, 1.165) is 30.0 Å². The van der Waals surface area contributed by atoms with Crippen molar-refractivity contribution in [3.05, 3.63) is 59.4 Å². The number of piperazine rings is 1. The summed E-state index contributed by atoms with van der Waals surface area (Å²) in [5, 5.41) is 1.90. The van der Waals surface area contributed by atoms with Crippen LogP contribution < -0.4 is 3.08 Å². The van der Waals surface area contributed by atoms with Crippen molar-refractivity contribution < 1.29 is 36.1 Å². The molecular formula is C19H24HgN3O2. The van der Waals surface area contributed by atoms with E-state index in [9.17, 15) is 0 Å². The Hall–Kier alpha value is -1.61. The van der Waals surface area contributed by atoms with Gasteiger partial charge in [-0.1, -0.05) is 30.7 Å². The summed E-state index contributed by atoms with van der Waals surface area (Å²) in [7, 11) is 1.69. The summed E-state index contributed by atoms with van der Waals surface area (Å²) >= 11 is 0.455. The van der Waals surface area contributed by atoms with Gasteiger partial charge < -0.3 is 9.74 Å². The fourth-order valence-electron chi connectivity index (χ4n) is 2.34. The van der Waals surface area contributed by atoms with Crippen LogP contribution in [0.2, 0.25) is 0 Å². The van der Waals surface area contributed by atoms with Crippen LogP contribution in [0.3, 0.4) is 0 Å². The molecule has 0 unspecified atom stereocenters. The number of allylic oxidation sites excluding steroid dienone is 2. The van der Waals surface area contributed by atoms with Gasteiger partial charge in [-0.05, 0) is 37.5 Å². The fourth-order valence-corrected chi connectivity index (χ4v) is 2.34. The van der Waals surface area contributed by atoms with Crippen LogP contribution in [-0.2, 0) is 36.1 Å². The Bertz CT molecular complexity index is 677. The van der Waals surface area contributed by atoms with Gasteiger partial charge in [-0.2, -0.15) is 5.06 Å². The fraction of sp³-hybridized carbons (Fsp3) is 0.316. The molecule has 0 aromatic heterocycles. The molecular weight excluding hydrogens is 503 g/mol. The molecule has 0 bridgehead atoms. The standard InChI is InChI=1S/C18H22N2O.CH3NO.Hg/c1-5-18(10-9-17-8-6-7-15(2)13-17)20-12-11-19(21-4)14-16(20)3;2-1-3;/h5-8,13H,3,11-12,14H2,1-2,4H3;1H,(H2,2,3);/q;;+1/p-1/b18-5-;;. The molecule has 1 saturated heterocycles. The number of nitrogens with zero attached hydrogens (tertiary/aromatic N) is 2. The molecule has 1 heterocycles. The van der Waals surface area contributed by atoms with E-state index >= 15 is 0 Å². The van der Waals surface area contributed by atoms with Crippen LogP contribution >= 0.6 is 0 Å². The first-order valence-electron chi connectivity index (χ1n) is 8.01. The molecule has 0 spiro atoms. The number of aryl methyl sites for hydroxylation is 1. The first-order chi connectivity index (χ1) is 12.0. The van der Waals surface area contributed by atoms with Gasteiger partial charge in [-0.25, -0.2) is 0 Å². The second kappa shape index (κ2) is 11.9. The molecule has 6 heteroatoms. The van der Waals surface area contributed by atoms with E-state index in [2.05, 4.69) is 45.5 Å². The van der Waals surface area contributed by atoms with Gasteiger partial charge in [-0.15, -0.1) is 0 Å². The molecule has 25 heavy (non-hydrogen) atoms. The van der Waals surface area contributed by atoms with E-state index in [1.165, 1.54) is 5.56 Å². The van der Waals surface area contributed by atoms with Gasteiger partial charge in [0.05, 0.1) is 19.4 Å². The molecule has 1 aromatic carbocycles. The van der Waals surface area contributed by atoms with E-state index in [1.807, 2.05) is 30.2 Å². The summed E-state index contributed by atoms with van der Waals surface area (Å²) < 4.78 is 2.44. The third kappa shape index (κ3) is 7.43. The molecule has 0 atom stereocenters. The summed E-state index contributed by atoms with van der Waals surface area (Å²) in [4.78, 5) is 16.5. The Morgan fingerprint density at radius 1 is 1.44 bits per heavy atom. The Labute approximate surface area is 167 Å². The van der Waals surface area contributed by atoms with Gasteiger partial charge in [0.1, 0.15) is 0 Å². The summed E-state index contributed by atoms with van der Waals surface area (Å²) in [6.45, 7) is 10.6. The van der Waals surface area contributed by atoms with Gasteiger partial charge >= 0.3 is 40.7 Å². The summed E-state index contributed by atoms with van der Waals surface area (Å²) in [6.07, 6.45) is 2.75. The number of nitrogens with one attached hydrogen (secondary N) is 1. The average Bonchev–Trinajstić information content (AvgIpc) is 2.63. The van der Waals surface area contributed by atoms with Gasteiger partial charge in [-0.3, -0.25) is 0 Å². The number of amides is 1. The molecule has 0 aliphatic carbocycles. The third-order valence-electron chi connectivity index (χ3n) is 3.57. The van der Waals surface area contributed by atoms with E-state index in [4.69, 9.17) is 9.63 Å². The molecule has 1 amide bonds. The van der Waals surface area contributed by atoms with Crippen molar-refractivity contribution in [2.45, 2.75) is 13.8 Å². The van der Waals surface area contributed by atoms with Crippen molar-refractivity contribution in [2.24, 2.45) is 0 Å². The first kappa shape index (κ1) is 21.4. The number of hydrogen-bond acceptors (Lipinski definition) is 4. The van der Waals surface area contributed by atoms with E-state index in [-0.39, 0.29) is 0 Å². The number of carbonyl (C=O) groups is 1. The van der Waals surface area contributed by atoms with Gasteiger partial charge in [0.15, 0.2) is 0 Å². The van der Waals surface area contributed by atoms with Gasteiger partial charge in [0, 0.05) is 24.4 Å². The van der Waals surface area contributed by atoms with E-state index in [1.54, 1.807) is 7.11 Å². The molecule has 2 rings (SSSR count). The van der Waals surface area contributed by atoms with Gasteiger partial charge in [0.2, 0.25) is 0 Å². The zero-order valence-corrected chi connectivity index (χ0v) is 20.7. The quantitative estimate of drug-likeness (QED) is 0.372. The number of carbonyl (C=O) groups excluding carboxylic acids is 1. The maximum atomic E-state index is 9.11. The minimum atomic E-state index is 0.455. The van der Waals surface area contributed by atoms with Crippen molar-refractivity contribution in [2.75, 3.05) is 26.7 Å². The third-order valence-corrected chi connectivity index (χ3v) is 4.22. The van der Waals surface area contributed by atoms with Crippen LogP contribution in [0.15, 0.2) is 48.3 Å². The first-order valence-corrected chi connectivity index (χ1v) is 10.8. The van der Waals surface area contributed by atoms with Crippen molar-refractivity contribution >= 4 is 6.41 Å². The molecule has 1 aromatic rings. The molecule has 1 aliphatic rings. The number of rotatable bonds is 3. The van der Waals surface area contributed by atoms with Crippen molar-refractivity contribution in [3.63, 3.8) is 0 Å². The monoisotopic (exact) mass is 528 g/mol. The zero-order valence-electron chi connectivity index (χ0n) is 15.2. The average molecular weight is 527 g/mol. The molecule has 1 N–H and O–H groups in total. The van der Waals surface area contributed by atoms with Crippen molar-refractivity contribution in [3.8, 4) is 11.8 Å². The van der Waals surface area contributed by atoms with Crippen LogP contribution in [0, 0.1) is 18.8 Å². The molecule has 1 aliphatic heterocycles. The molecule has 0 saturated carbocycles. The van der Waals surface area contributed by atoms with Gasteiger partial charge in [0.25, 0.3) is 0 Å². The predicted molar refractivity (Wildman–Crippen MR) is 95.4 cm³/mol. The van der Waals surface area contributed by atoms with E-state index in [0.29, 0.717) is 39.4 Å². The Kier molecular flexibility index (Phi) is 10.2. The van der Waals surface area contributed by atoms with Crippen LogP contribution in [0.5, 0.6) is 0 Å². The second-order valence-corrected chi connectivity index (χ2v) is 6.97. The predicted octanol–water partition coefficient (Wildman–Crippen LogP) is 2.14. The molecule has 5 nitrogen and oxygen atoms in total. The van der Waals surface area contributed by atoms with Crippen LogP contribution in [0.25, 0.3) is 0 Å². The van der Waals surface area contributed by atoms with Crippen LogP contribution in [0.1, 0.15) is 18.1 Å². The van der Waals surface area contributed by atoms with Crippen LogP contribution in [-0.4, -0.2) is 43.1 Å². The SMILES string of the molecule is C=C1CN(OC)CCN1/C(C#Cc1cccc(C)c1)=C\C.O=C[NH][Hg]. The Morgan fingerprint density at radius 3 is 2.68 bits per heavy atom. The summed E-state index contributed by atoms with van der Waals surface area (Å²) in [6, 6.07) is 8.24. The van der Waals surface area contributed by atoms with Crippen molar-refractivity contribution in [1.82, 2.24) is 13.0 Å². The summed E-state index contributed by atoms with van der Waals surface area (Å²) in [5.74, 6) is 6.50. The zero-order chi connectivity index (χ0) is 18.7. The summed E-state index contributed by atoms with van der Waals surface area (Å²) in [5.41, 5.74) is 4.27. The minimum absolute atomic E-state index is 0.455. The maximum absolute atomic E-state index is 9.11. The number of hydroxylamine groups is 2. The number of benzene rings is 1. The Balaban J connectivity index is 0.000000705. The van der Waals surface area contributed by atoms with Crippen LogP contribution in [0.4, 0.5) is 0 Å². The molecule has 1 fully saturated rings. The topological polar surface area (TPSA) is 44.8 Å². The van der Waals surface area contributed by atoms with Crippen molar-refractivity contribution in [1.29, 1.82) is 0 Å². The second-order valence-electron chi connectivity index (χ2n) is 5.38. The molecule has 129 valence electrons. The van der Waals surface area contributed by atoms with E-state index < -0.39 is 0 Å². The number of hydrogen-bond donors (Lipinski definition) is 1. The Morgan fingerprint density at radius 2 is 2.16 bits per heavy atom. The normalized spacial score (nSPS) is 14.8.